The third-order valence-corrected chi connectivity index (χ3v) is 3.71. The van der Waals surface area contributed by atoms with Crippen molar-refractivity contribution in [2.75, 3.05) is 5.75 Å². The van der Waals surface area contributed by atoms with Gasteiger partial charge in [-0.1, -0.05) is 6.07 Å². The third kappa shape index (κ3) is 4.45. The molecule has 2 nitrogen and oxygen atoms in total. The largest absolute Gasteiger partial charge is 0.392 e. The number of hydrogen-bond donors (Lipinski definition) is 1. The summed E-state index contributed by atoms with van der Waals surface area (Å²) in [4.78, 5) is 10.6. The first-order valence-corrected chi connectivity index (χ1v) is 5.89. The summed E-state index contributed by atoms with van der Waals surface area (Å²) in [5.74, 6) is 0.638. The van der Waals surface area contributed by atoms with Gasteiger partial charge in [-0.15, -0.1) is 23.1 Å². The lowest BCUT2D eigenvalue weighted by Crippen LogP contribution is -2.13. The molecular formula is C9H12O2S2. The normalized spacial score (nSPS) is 12.8. The standard InChI is InChI=1S/C9H12O2S2/c1-7(10)5-8(11)6-13-9-3-2-4-12-9/h2-4,8,11H,5-6H2,1H3. The predicted molar refractivity (Wildman–Crippen MR) is 56.3 cm³/mol. The van der Waals surface area contributed by atoms with E-state index in [0.717, 1.165) is 0 Å². The van der Waals surface area contributed by atoms with Crippen molar-refractivity contribution in [2.24, 2.45) is 0 Å². The van der Waals surface area contributed by atoms with E-state index in [4.69, 9.17) is 0 Å². The van der Waals surface area contributed by atoms with E-state index in [2.05, 4.69) is 0 Å². The molecule has 1 atom stereocenters. The summed E-state index contributed by atoms with van der Waals surface area (Å²) in [7, 11) is 0. The van der Waals surface area contributed by atoms with Gasteiger partial charge in [0.1, 0.15) is 5.78 Å². The van der Waals surface area contributed by atoms with Crippen molar-refractivity contribution in [1.29, 1.82) is 0 Å². The topological polar surface area (TPSA) is 37.3 Å². The van der Waals surface area contributed by atoms with Crippen molar-refractivity contribution in [3.05, 3.63) is 17.5 Å². The summed E-state index contributed by atoms with van der Waals surface area (Å²) in [5, 5.41) is 11.4. The first-order chi connectivity index (χ1) is 6.18. The lowest BCUT2D eigenvalue weighted by molar-refractivity contribution is -0.118. The first-order valence-electron chi connectivity index (χ1n) is 4.02. The molecule has 72 valence electrons. The second-order valence-corrected chi connectivity index (χ2v) is 5.07. The fourth-order valence-electron chi connectivity index (χ4n) is 0.915. The van der Waals surface area contributed by atoms with E-state index in [1.54, 1.807) is 23.1 Å². The van der Waals surface area contributed by atoms with E-state index >= 15 is 0 Å². The summed E-state index contributed by atoms with van der Waals surface area (Å²) in [6.45, 7) is 1.50. The lowest BCUT2D eigenvalue weighted by atomic mass is 10.2. The molecule has 0 fully saturated rings. The molecule has 1 aromatic rings. The second kappa shape index (κ2) is 5.42. The van der Waals surface area contributed by atoms with Gasteiger partial charge in [-0.2, -0.15) is 0 Å². The third-order valence-electron chi connectivity index (χ3n) is 1.44. The zero-order chi connectivity index (χ0) is 9.68. The summed E-state index contributed by atoms with van der Waals surface area (Å²) in [5.41, 5.74) is 0. The average molecular weight is 216 g/mol. The Morgan fingerprint density at radius 3 is 3.08 bits per heavy atom. The summed E-state index contributed by atoms with van der Waals surface area (Å²) < 4.78 is 1.18. The van der Waals surface area contributed by atoms with Crippen molar-refractivity contribution in [1.82, 2.24) is 0 Å². The maximum Gasteiger partial charge on any atom is 0.132 e. The molecule has 1 N–H and O–H groups in total. The molecule has 1 heterocycles. The lowest BCUT2D eigenvalue weighted by Gasteiger charge is -2.05. The van der Waals surface area contributed by atoms with E-state index in [1.165, 1.54) is 11.1 Å². The van der Waals surface area contributed by atoms with Crippen LogP contribution < -0.4 is 0 Å². The number of thioether (sulfide) groups is 1. The zero-order valence-corrected chi connectivity index (χ0v) is 9.03. The number of aliphatic hydroxyl groups is 1. The highest BCUT2D eigenvalue weighted by Gasteiger charge is 2.07. The highest BCUT2D eigenvalue weighted by atomic mass is 32.2. The minimum absolute atomic E-state index is 0.0410. The smallest absolute Gasteiger partial charge is 0.132 e. The number of rotatable bonds is 5. The second-order valence-electron chi connectivity index (χ2n) is 2.80. The van der Waals surface area contributed by atoms with E-state index < -0.39 is 6.10 Å². The molecule has 0 radical (unpaired) electrons. The molecule has 0 aliphatic rings. The van der Waals surface area contributed by atoms with Crippen molar-refractivity contribution in [2.45, 2.75) is 23.7 Å². The van der Waals surface area contributed by atoms with Crippen LogP contribution in [0.15, 0.2) is 21.7 Å². The maximum atomic E-state index is 10.6. The summed E-state index contributed by atoms with van der Waals surface area (Å²) in [6.07, 6.45) is -0.247. The van der Waals surface area contributed by atoms with Crippen LogP contribution in [0.25, 0.3) is 0 Å². The first kappa shape index (κ1) is 10.8. The number of hydrogen-bond acceptors (Lipinski definition) is 4. The van der Waals surface area contributed by atoms with Crippen LogP contribution in [0, 0.1) is 0 Å². The Labute approximate surface area is 86.0 Å². The number of carbonyl (C=O) groups is 1. The molecule has 0 aliphatic heterocycles. The Balaban J connectivity index is 2.22. The van der Waals surface area contributed by atoms with Gasteiger partial charge in [0.2, 0.25) is 0 Å². The van der Waals surface area contributed by atoms with Crippen LogP contribution in [-0.2, 0) is 4.79 Å². The Bertz CT molecular complexity index is 257. The molecular weight excluding hydrogens is 204 g/mol. The molecule has 0 saturated carbocycles. The molecule has 1 aromatic heterocycles. The van der Waals surface area contributed by atoms with Gasteiger partial charge in [-0.3, -0.25) is 4.79 Å². The Morgan fingerprint density at radius 1 is 1.77 bits per heavy atom. The van der Waals surface area contributed by atoms with E-state index in [-0.39, 0.29) is 12.2 Å². The highest BCUT2D eigenvalue weighted by Crippen LogP contribution is 2.24. The molecule has 0 aromatic carbocycles. The van der Waals surface area contributed by atoms with Gasteiger partial charge in [0.15, 0.2) is 0 Å². The van der Waals surface area contributed by atoms with Crippen molar-refractivity contribution in [3.8, 4) is 0 Å². The van der Waals surface area contributed by atoms with Gasteiger partial charge >= 0.3 is 0 Å². The molecule has 0 aliphatic carbocycles. The number of thiophene rings is 1. The molecule has 0 spiro atoms. The Morgan fingerprint density at radius 2 is 2.54 bits per heavy atom. The fraction of sp³-hybridized carbons (Fsp3) is 0.444. The molecule has 4 heteroatoms. The van der Waals surface area contributed by atoms with Crippen LogP contribution in [0.2, 0.25) is 0 Å². The van der Waals surface area contributed by atoms with Gasteiger partial charge in [0.05, 0.1) is 10.3 Å². The van der Waals surface area contributed by atoms with E-state index in [0.29, 0.717) is 5.75 Å². The maximum absolute atomic E-state index is 10.6. The Hall–Kier alpha value is -0.320. The predicted octanol–water partition coefficient (Wildman–Crippen LogP) is 2.18. The number of carbonyl (C=O) groups excluding carboxylic acids is 1. The highest BCUT2D eigenvalue weighted by molar-refractivity contribution is 8.01. The molecule has 13 heavy (non-hydrogen) atoms. The van der Waals surface area contributed by atoms with Crippen LogP contribution in [0.3, 0.4) is 0 Å². The van der Waals surface area contributed by atoms with Crippen molar-refractivity contribution < 1.29 is 9.90 Å². The molecule has 0 bridgehead atoms. The SMILES string of the molecule is CC(=O)CC(O)CSc1cccs1. The van der Waals surface area contributed by atoms with Crippen molar-refractivity contribution >= 4 is 28.9 Å². The molecule has 0 amide bonds. The quantitative estimate of drug-likeness (QED) is 0.767. The average Bonchev–Trinajstić information content (AvgIpc) is 2.51. The minimum Gasteiger partial charge on any atom is -0.392 e. The number of aliphatic hydroxyl groups excluding tert-OH is 1. The van der Waals surface area contributed by atoms with Crippen LogP contribution in [0.1, 0.15) is 13.3 Å². The number of Topliss-reactive ketones (excluding diaryl/α,β-unsaturated/α-hetero) is 1. The Kier molecular flexibility index (Phi) is 4.48. The van der Waals surface area contributed by atoms with Gasteiger partial charge in [0.25, 0.3) is 0 Å². The minimum atomic E-state index is -0.510. The van der Waals surface area contributed by atoms with Crippen LogP contribution in [-0.4, -0.2) is 22.7 Å². The van der Waals surface area contributed by atoms with Gasteiger partial charge in [0, 0.05) is 12.2 Å². The molecule has 0 saturated heterocycles. The van der Waals surface area contributed by atoms with Gasteiger partial charge in [-0.25, -0.2) is 0 Å². The van der Waals surface area contributed by atoms with Crippen LogP contribution in [0.5, 0.6) is 0 Å². The molecule has 1 unspecified atom stereocenters. The zero-order valence-electron chi connectivity index (χ0n) is 7.40. The van der Waals surface area contributed by atoms with E-state index in [1.807, 2.05) is 17.5 Å². The monoisotopic (exact) mass is 216 g/mol. The summed E-state index contributed by atoms with van der Waals surface area (Å²) >= 11 is 3.24. The number of ketones is 1. The molecule has 1 rings (SSSR count). The van der Waals surface area contributed by atoms with E-state index in [9.17, 15) is 9.90 Å². The van der Waals surface area contributed by atoms with Crippen LogP contribution >= 0.6 is 23.1 Å². The van der Waals surface area contributed by atoms with Gasteiger partial charge < -0.3 is 5.11 Å². The van der Waals surface area contributed by atoms with Crippen molar-refractivity contribution in [3.63, 3.8) is 0 Å². The summed E-state index contributed by atoms with van der Waals surface area (Å²) in [6, 6.07) is 3.99. The van der Waals surface area contributed by atoms with Gasteiger partial charge in [-0.05, 0) is 18.4 Å². The fourth-order valence-corrected chi connectivity index (χ4v) is 2.66. The van der Waals surface area contributed by atoms with Crippen LogP contribution in [0.4, 0.5) is 0 Å².